The molecule has 0 spiro atoms. The van der Waals surface area contributed by atoms with E-state index in [0.29, 0.717) is 18.4 Å². The van der Waals surface area contributed by atoms with Gasteiger partial charge in [-0.05, 0) is 44.1 Å². The summed E-state index contributed by atoms with van der Waals surface area (Å²) >= 11 is 0. The Labute approximate surface area is 173 Å². The summed E-state index contributed by atoms with van der Waals surface area (Å²) in [5.41, 5.74) is 9.48. The van der Waals surface area contributed by atoms with E-state index in [9.17, 15) is 0 Å². The fourth-order valence-electron chi connectivity index (χ4n) is 2.68. The average molecular weight is 470 g/mol. The number of aliphatic imine (C=N–C) groups is 1. The molecule has 0 aliphatic rings. The molecule has 7 heteroatoms. The zero-order valence-corrected chi connectivity index (χ0v) is 18.6. The molecule has 0 bridgehead atoms. The van der Waals surface area contributed by atoms with Gasteiger partial charge in [-0.25, -0.2) is 0 Å². The Hall–Kier alpha value is -1.61. The summed E-state index contributed by atoms with van der Waals surface area (Å²) in [5, 5.41) is 7.40. The highest BCUT2D eigenvalue weighted by Crippen LogP contribution is 2.21. The lowest BCUT2D eigenvalue weighted by molar-refractivity contribution is 0.306. The van der Waals surface area contributed by atoms with Crippen molar-refractivity contribution in [2.24, 2.45) is 17.8 Å². The second-order valence-electron chi connectivity index (χ2n) is 6.71. The molecule has 3 N–H and O–H groups in total. The van der Waals surface area contributed by atoms with Crippen LogP contribution in [0.3, 0.4) is 0 Å². The van der Waals surface area contributed by atoms with E-state index in [4.69, 9.17) is 5.73 Å². The molecule has 26 heavy (non-hydrogen) atoms. The molecule has 1 heterocycles. The Morgan fingerprint density at radius 1 is 1.27 bits per heavy atom. The molecule has 0 saturated heterocycles. The highest BCUT2D eigenvalue weighted by atomic mass is 127. The number of benzene rings is 1. The van der Waals surface area contributed by atoms with Gasteiger partial charge in [0.25, 0.3) is 0 Å². The van der Waals surface area contributed by atoms with E-state index in [1.54, 1.807) is 4.68 Å². The summed E-state index contributed by atoms with van der Waals surface area (Å²) in [6, 6.07) is 8.52. The molecule has 2 unspecified atom stereocenters. The van der Waals surface area contributed by atoms with E-state index in [1.165, 1.54) is 5.56 Å². The van der Waals surface area contributed by atoms with Gasteiger partial charge in [-0.1, -0.05) is 26.0 Å². The molecular weight excluding hydrogens is 439 g/mol. The second-order valence-corrected chi connectivity index (χ2v) is 6.71. The van der Waals surface area contributed by atoms with Crippen molar-refractivity contribution < 1.29 is 0 Å². The minimum atomic E-state index is 0. The highest BCUT2D eigenvalue weighted by molar-refractivity contribution is 14.0. The molecule has 1 aromatic heterocycles. The number of likely N-dealkylation sites (N-methyl/N-ethyl adjacent to an activating group) is 1. The minimum Gasteiger partial charge on any atom is -0.370 e. The number of aromatic nitrogens is 2. The fraction of sp³-hybridized carbons (Fsp3) is 0.474. The average Bonchev–Trinajstić information content (AvgIpc) is 3.00. The number of nitrogens with one attached hydrogen (secondary N) is 1. The van der Waals surface area contributed by atoms with Gasteiger partial charge in [0.2, 0.25) is 0 Å². The van der Waals surface area contributed by atoms with E-state index < -0.39 is 0 Å². The molecule has 0 radical (unpaired) electrons. The molecule has 0 amide bonds. The molecular formula is C19H31IN6. The van der Waals surface area contributed by atoms with Crippen molar-refractivity contribution in [1.82, 2.24) is 14.7 Å². The SMILES string of the molecule is CCC(C)c1ccc(NC(N)=NCC(c2cnn(C)c2)N(C)C)cc1.I. The van der Waals surface area contributed by atoms with Crippen molar-refractivity contribution in [3.05, 3.63) is 47.8 Å². The number of anilines is 1. The Morgan fingerprint density at radius 2 is 1.92 bits per heavy atom. The minimum absolute atomic E-state index is 0. The number of hydrogen-bond donors (Lipinski definition) is 2. The van der Waals surface area contributed by atoms with Crippen molar-refractivity contribution >= 4 is 35.6 Å². The van der Waals surface area contributed by atoms with Crippen LogP contribution in [0.5, 0.6) is 0 Å². The Bertz CT molecular complexity index is 692. The maximum absolute atomic E-state index is 6.06. The van der Waals surface area contributed by atoms with Crippen LogP contribution in [0.4, 0.5) is 5.69 Å². The summed E-state index contributed by atoms with van der Waals surface area (Å²) < 4.78 is 1.80. The van der Waals surface area contributed by atoms with Gasteiger partial charge in [0.1, 0.15) is 0 Å². The standard InChI is InChI=1S/C19H30N6.HI/c1-6-14(2)15-7-9-17(10-8-15)23-19(20)21-12-18(24(3)4)16-11-22-25(5)13-16;/h7-11,13-14,18H,6,12H2,1-5H3,(H3,20,21,23);1H. The maximum atomic E-state index is 6.06. The first-order valence-corrected chi connectivity index (χ1v) is 8.72. The Balaban J connectivity index is 0.00000338. The maximum Gasteiger partial charge on any atom is 0.193 e. The summed E-state index contributed by atoms with van der Waals surface area (Å²) in [6.07, 6.45) is 5.02. The fourth-order valence-corrected chi connectivity index (χ4v) is 2.68. The molecule has 1 aromatic carbocycles. The van der Waals surface area contributed by atoms with Gasteiger partial charge in [-0.15, -0.1) is 24.0 Å². The van der Waals surface area contributed by atoms with E-state index in [1.807, 2.05) is 33.5 Å². The molecule has 0 aliphatic heterocycles. The lowest BCUT2D eigenvalue weighted by Gasteiger charge is -2.21. The molecule has 2 atom stereocenters. The van der Waals surface area contributed by atoms with E-state index in [2.05, 4.69) is 58.4 Å². The van der Waals surface area contributed by atoms with Gasteiger partial charge >= 0.3 is 0 Å². The van der Waals surface area contributed by atoms with Gasteiger partial charge in [0.15, 0.2) is 5.96 Å². The first kappa shape index (κ1) is 22.4. The van der Waals surface area contributed by atoms with E-state index in [0.717, 1.165) is 17.7 Å². The monoisotopic (exact) mass is 470 g/mol. The molecule has 2 rings (SSSR count). The number of aryl methyl sites for hydroxylation is 1. The van der Waals surface area contributed by atoms with Gasteiger partial charge < -0.3 is 16.0 Å². The second kappa shape index (κ2) is 10.5. The number of hydrogen-bond acceptors (Lipinski definition) is 3. The van der Waals surface area contributed by atoms with Crippen LogP contribution in [0.2, 0.25) is 0 Å². The molecule has 0 aliphatic carbocycles. The van der Waals surface area contributed by atoms with Crippen LogP contribution < -0.4 is 11.1 Å². The van der Waals surface area contributed by atoms with Crippen LogP contribution in [0, 0.1) is 0 Å². The number of halogens is 1. The Morgan fingerprint density at radius 3 is 2.42 bits per heavy atom. The van der Waals surface area contributed by atoms with Gasteiger partial charge in [0, 0.05) is 24.5 Å². The van der Waals surface area contributed by atoms with Crippen LogP contribution in [-0.4, -0.2) is 41.3 Å². The summed E-state index contributed by atoms with van der Waals surface area (Å²) in [7, 11) is 5.98. The molecule has 0 saturated carbocycles. The predicted molar refractivity (Wildman–Crippen MR) is 120 cm³/mol. The van der Waals surface area contributed by atoms with Crippen LogP contribution in [0.1, 0.15) is 43.4 Å². The van der Waals surface area contributed by atoms with Crippen LogP contribution in [0.15, 0.2) is 41.7 Å². The van der Waals surface area contributed by atoms with Gasteiger partial charge in [0.05, 0.1) is 18.8 Å². The zero-order chi connectivity index (χ0) is 18.4. The Kier molecular flexibility index (Phi) is 9.07. The normalized spacial score (nSPS) is 14.0. The van der Waals surface area contributed by atoms with Crippen molar-refractivity contribution in [3.8, 4) is 0 Å². The molecule has 6 nitrogen and oxygen atoms in total. The molecule has 144 valence electrons. The van der Waals surface area contributed by atoms with Crippen molar-refractivity contribution in [2.45, 2.75) is 32.2 Å². The number of nitrogens with zero attached hydrogens (tertiary/aromatic N) is 4. The zero-order valence-electron chi connectivity index (χ0n) is 16.3. The summed E-state index contributed by atoms with van der Waals surface area (Å²) in [5.74, 6) is 0.993. The molecule has 0 fully saturated rings. The number of guanidine groups is 1. The topological polar surface area (TPSA) is 71.5 Å². The van der Waals surface area contributed by atoms with E-state index >= 15 is 0 Å². The quantitative estimate of drug-likeness (QED) is 0.369. The third-order valence-electron chi connectivity index (χ3n) is 4.53. The van der Waals surface area contributed by atoms with Crippen LogP contribution in [0.25, 0.3) is 0 Å². The smallest absolute Gasteiger partial charge is 0.193 e. The van der Waals surface area contributed by atoms with Crippen molar-refractivity contribution in [3.63, 3.8) is 0 Å². The van der Waals surface area contributed by atoms with Crippen LogP contribution in [-0.2, 0) is 7.05 Å². The van der Waals surface area contributed by atoms with Gasteiger partial charge in [-0.2, -0.15) is 5.10 Å². The van der Waals surface area contributed by atoms with Crippen molar-refractivity contribution in [1.29, 1.82) is 0 Å². The summed E-state index contributed by atoms with van der Waals surface area (Å²) in [6.45, 7) is 5.01. The summed E-state index contributed by atoms with van der Waals surface area (Å²) in [4.78, 5) is 6.62. The lowest BCUT2D eigenvalue weighted by atomic mass is 9.99. The number of rotatable bonds is 7. The number of nitrogens with two attached hydrogens (primary N) is 1. The van der Waals surface area contributed by atoms with Gasteiger partial charge in [-0.3, -0.25) is 9.67 Å². The third kappa shape index (κ3) is 6.28. The predicted octanol–water partition coefficient (Wildman–Crippen LogP) is 3.58. The highest BCUT2D eigenvalue weighted by Gasteiger charge is 2.15. The van der Waals surface area contributed by atoms with Crippen molar-refractivity contribution in [2.75, 3.05) is 26.0 Å². The first-order valence-electron chi connectivity index (χ1n) is 8.72. The van der Waals surface area contributed by atoms with E-state index in [-0.39, 0.29) is 30.0 Å². The largest absolute Gasteiger partial charge is 0.370 e. The first-order chi connectivity index (χ1) is 11.9. The van der Waals surface area contributed by atoms with Crippen LogP contribution >= 0.6 is 24.0 Å². The molecule has 2 aromatic rings. The lowest BCUT2D eigenvalue weighted by Crippen LogP contribution is -2.27. The third-order valence-corrected chi connectivity index (χ3v) is 4.53.